The fraction of sp³-hybridized carbons (Fsp3) is 0.273. The molecule has 0 spiro atoms. The van der Waals surface area contributed by atoms with Gasteiger partial charge in [0.15, 0.2) is 0 Å². The van der Waals surface area contributed by atoms with Gasteiger partial charge in [-0.05, 0) is 42.8 Å². The number of hydrogen-bond donors (Lipinski definition) is 0. The number of carbonyl (C=O) groups is 1. The molecule has 1 aromatic heterocycles. The smallest absolute Gasteiger partial charge is 0.489 e. The molecule has 3 aromatic rings. The Morgan fingerprint density at radius 2 is 1.97 bits per heavy atom. The van der Waals surface area contributed by atoms with Crippen molar-refractivity contribution >= 4 is 22.5 Å². The van der Waals surface area contributed by atoms with Gasteiger partial charge in [-0.15, -0.1) is 13.2 Å². The number of aromatic nitrogens is 1. The number of benzene rings is 2. The number of amides is 1. The number of pyridine rings is 1. The molecule has 6 nitrogen and oxygen atoms in total. The molecule has 0 aliphatic carbocycles. The number of carbonyl (C=O) groups excluding carboxylic acids is 1. The van der Waals surface area contributed by atoms with Crippen LogP contribution in [0.4, 0.5) is 18.9 Å². The summed E-state index contributed by atoms with van der Waals surface area (Å²) in [6.07, 6.45) is -3.51. The van der Waals surface area contributed by atoms with Crippen LogP contribution in [-0.4, -0.2) is 43.1 Å². The minimum absolute atomic E-state index is 0.151. The fourth-order valence-electron chi connectivity index (χ4n) is 3.39. The van der Waals surface area contributed by atoms with Crippen molar-refractivity contribution in [3.05, 3.63) is 60.3 Å². The third-order valence-electron chi connectivity index (χ3n) is 4.85. The Kier molecular flexibility index (Phi) is 5.69. The SMILES string of the molecule is Cc1cc(N2CC(COc3cccc4cccnc34)OCC2=O)ccc1OC(F)(F)F. The van der Waals surface area contributed by atoms with Crippen LogP contribution in [0, 0.1) is 6.92 Å². The minimum atomic E-state index is -4.78. The molecule has 0 N–H and O–H groups in total. The van der Waals surface area contributed by atoms with E-state index in [9.17, 15) is 18.0 Å². The predicted octanol–water partition coefficient (Wildman–Crippen LogP) is 4.25. The zero-order valence-electron chi connectivity index (χ0n) is 16.6. The van der Waals surface area contributed by atoms with Crippen molar-refractivity contribution in [3.63, 3.8) is 0 Å². The average Bonchev–Trinajstić information content (AvgIpc) is 2.74. The number of aryl methyl sites for hydroxylation is 1. The van der Waals surface area contributed by atoms with E-state index in [0.29, 0.717) is 11.4 Å². The minimum Gasteiger partial charge on any atom is -0.489 e. The maximum absolute atomic E-state index is 12.5. The van der Waals surface area contributed by atoms with E-state index in [1.165, 1.54) is 30.0 Å². The highest BCUT2D eigenvalue weighted by atomic mass is 19.4. The molecule has 2 heterocycles. The molecule has 1 atom stereocenters. The van der Waals surface area contributed by atoms with Crippen molar-refractivity contribution in [1.29, 1.82) is 0 Å². The molecule has 1 aliphatic heterocycles. The standard InChI is InChI=1S/C22H19F3N2O4/c1-14-10-16(7-8-18(14)31-22(23,24)25)27-11-17(29-13-20(27)28)12-30-19-6-2-4-15-5-3-9-26-21(15)19/h2-10,17H,11-13H2,1H3. The summed E-state index contributed by atoms with van der Waals surface area (Å²) in [6, 6.07) is 13.5. The first kappa shape index (κ1) is 20.9. The molecule has 4 rings (SSSR count). The molecule has 31 heavy (non-hydrogen) atoms. The highest BCUT2D eigenvalue weighted by molar-refractivity contribution is 5.95. The summed E-state index contributed by atoms with van der Waals surface area (Å²) < 4.78 is 53.0. The van der Waals surface area contributed by atoms with E-state index in [1.54, 1.807) is 6.20 Å². The quantitative estimate of drug-likeness (QED) is 0.603. The fourth-order valence-corrected chi connectivity index (χ4v) is 3.39. The van der Waals surface area contributed by atoms with Crippen LogP contribution in [0.15, 0.2) is 54.7 Å². The third kappa shape index (κ3) is 4.88. The molecule has 1 fully saturated rings. The molecular weight excluding hydrogens is 413 g/mol. The second kappa shape index (κ2) is 8.43. The van der Waals surface area contributed by atoms with Crippen LogP contribution in [0.3, 0.4) is 0 Å². The zero-order valence-corrected chi connectivity index (χ0v) is 16.6. The number of morpholine rings is 1. The van der Waals surface area contributed by atoms with Gasteiger partial charge in [-0.1, -0.05) is 18.2 Å². The van der Waals surface area contributed by atoms with Crippen LogP contribution >= 0.6 is 0 Å². The second-order valence-corrected chi connectivity index (χ2v) is 7.08. The topological polar surface area (TPSA) is 60.9 Å². The second-order valence-electron chi connectivity index (χ2n) is 7.08. The predicted molar refractivity (Wildman–Crippen MR) is 107 cm³/mol. The lowest BCUT2D eigenvalue weighted by Gasteiger charge is -2.33. The first-order valence-electron chi connectivity index (χ1n) is 9.55. The molecule has 0 radical (unpaired) electrons. The molecule has 1 saturated heterocycles. The van der Waals surface area contributed by atoms with Crippen LogP contribution in [0.5, 0.6) is 11.5 Å². The van der Waals surface area contributed by atoms with E-state index in [-0.39, 0.29) is 37.0 Å². The van der Waals surface area contributed by atoms with E-state index in [2.05, 4.69) is 9.72 Å². The van der Waals surface area contributed by atoms with Crippen molar-refractivity contribution in [1.82, 2.24) is 4.98 Å². The Morgan fingerprint density at radius 1 is 1.16 bits per heavy atom. The molecule has 1 amide bonds. The number of ether oxygens (including phenoxy) is 3. The lowest BCUT2D eigenvalue weighted by atomic mass is 10.1. The van der Waals surface area contributed by atoms with Gasteiger partial charge in [-0.3, -0.25) is 9.78 Å². The summed E-state index contributed by atoms with van der Waals surface area (Å²) in [5, 5.41) is 0.943. The molecule has 0 bridgehead atoms. The first-order chi connectivity index (χ1) is 14.8. The number of anilines is 1. The van der Waals surface area contributed by atoms with Gasteiger partial charge in [0, 0.05) is 17.3 Å². The maximum atomic E-state index is 12.5. The Bertz CT molecular complexity index is 1100. The number of rotatable bonds is 5. The molecule has 2 aromatic carbocycles. The summed E-state index contributed by atoms with van der Waals surface area (Å²) in [5.41, 5.74) is 1.46. The molecule has 1 unspecified atom stereocenters. The van der Waals surface area contributed by atoms with Gasteiger partial charge in [0.1, 0.15) is 36.3 Å². The van der Waals surface area contributed by atoms with Gasteiger partial charge < -0.3 is 19.1 Å². The van der Waals surface area contributed by atoms with Gasteiger partial charge in [0.05, 0.1) is 6.54 Å². The van der Waals surface area contributed by atoms with Crippen molar-refractivity contribution in [2.24, 2.45) is 0 Å². The number of fused-ring (bicyclic) bond motifs is 1. The Hall–Kier alpha value is -3.33. The number of para-hydroxylation sites is 1. The van der Waals surface area contributed by atoms with Crippen molar-refractivity contribution in [3.8, 4) is 11.5 Å². The molecule has 0 saturated carbocycles. The molecule has 9 heteroatoms. The highest BCUT2D eigenvalue weighted by Gasteiger charge is 2.32. The lowest BCUT2D eigenvalue weighted by Crippen LogP contribution is -2.48. The lowest BCUT2D eigenvalue weighted by molar-refractivity contribution is -0.274. The number of nitrogens with zero attached hydrogens (tertiary/aromatic N) is 2. The van der Waals surface area contributed by atoms with Crippen molar-refractivity contribution in [2.75, 3.05) is 24.7 Å². The summed E-state index contributed by atoms with van der Waals surface area (Å²) in [7, 11) is 0. The Morgan fingerprint density at radius 3 is 2.74 bits per heavy atom. The van der Waals surface area contributed by atoms with E-state index in [4.69, 9.17) is 9.47 Å². The number of halogens is 3. The number of alkyl halides is 3. The van der Waals surface area contributed by atoms with Crippen LogP contribution in [0.2, 0.25) is 0 Å². The summed E-state index contributed by atoms with van der Waals surface area (Å²) >= 11 is 0. The molecule has 1 aliphatic rings. The van der Waals surface area contributed by atoms with E-state index >= 15 is 0 Å². The summed E-state index contributed by atoms with van der Waals surface area (Å²) in [5.74, 6) is 0.0157. The van der Waals surface area contributed by atoms with Gasteiger partial charge in [0.2, 0.25) is 0 Å². The van der Waals surface area contributed by atoms with E-state index < -0.39 is 12.5 Å². The largest absolute Gasteiger partial charge is 0.573 e. The Balaban J connectivity index is 1.46. The third-order valence-corrected chi connectivity index (χ3v) is 4.85. The zero-order chi connectivity index (χ0) is 22.0. The van der Waals surface area contributed by atoms with Crippen molar-refractivity contribution in [2.45, 2.75) is 19.4 Å². The normalized spacial score (nSPS) is 17.1. The van der Waals surface area contributed by atoms with Crippen LogP contribution in [0.25, 0.3) is 10.9 Å². The summed E-state index contributed by atoms with van der Waals surface area (Å²) in [4.78, 5) is 18.2. The molecular formula is C22H19F3N2O4. The monoisotopic (exact) mass is 432 g/mol. The van der Waals surface area contributed by atoms with Crippen molar-refractivity contribution < 1.29 is 32.2 Å². The summed E-state index contributed by atoms with van der Waals surface area (Å²) in [6.45, 7) is 1.73. The van der Waals surface area contributed by atoms with Gasteiger partial charge in [-0.2, -0.15) is 0 Å². The van der Waals surface area contributed by atoms with E-state index in [1.807, 2.05) is 30.3 Å². The van der Waals surface area contributed by atoms with Crippen LogP contribution in [0.1, 0.15) is 5.56 Å². The Labute approximate surface area is 176 Å². The number of hydrogen-bond acceptors (Lipinski definition) is 5. The van der Waals surface area contributed by atoms with Gasteiger partial charge in [-0.25, -0.2) is 0 Å². The first-order valence-corrected chi connectivity index (χ1v) is 9.55. The van der Waals surface area contributed by atoms with Crippen LogP contribution < -0.4 is 14.4 Å². The van der Waals surface area contributed by atoms with E-state index in [0.717, 1.165) is 10.9 Å². The van der Waals surface area contributed by atoms with Crippen LogP contribution in [-0.2, 0) is 9.53 Å². The molecule has 162 valence electrons. The van der Waals surface area contributed by atoms with Gasteiger partial charge in [0.25, 0.3) is 5.91 Å². The maximum Gasteiger partial charge on any atom is 0.573 e. The highest BCUT2D eigenvalue weighted by Crippen LogP contribution is 2.30. The van der Waals surface area contributed by atoms with Gasteiger partial charge >= 0.3 is 6.36 Å². The average molecular weight is 432 g/mol.